The molecule has 0 aliphatic rings. The molecule has 0 spiro atoms. The Morgan fingerprint density at radius 1 is 1.05 bits per heavy atom. The van der Waals surface area contributed by atoms with Gasteiger partial charge in [-0.15, -0.1) is 0 Å². The predicted octanol–water partition coefficient (Wildman–Crippen LogP) is 2.84. The quantitative estimate of drug-likeness (QED) is 0.671. The smallest absolute Gasteiger partial charge is 0.232 e. The number of hydrogen-bond donors (Lipinski definition) is 2. The van der Waals surface area contributed by atoms with Gasteiger partial charge in [-0.1, -0.05) is 60.2 Å². The molecule has 4 nitrogen and oxygen atoms in total. The van der Waals surface area contributed by atoms with Crippen LogP contribution in [0.25, 0.3) is 0 Å². The summed E-state index contributed by atoms with van der Waals surface area (Å²) in [5, 5.41) is 6.89. The van der Waals surface area contributed by atoms with E-state index in [-0.39, 0.29) is 5.78 Å². The van der Waals surface area contributed by atoms with E-state index in [1.165, 1.54) is 18.7 Å². The second kappa shape index (κ2) is 8.52. The molecule has 2 aromatic rings. The fraction of sp³-hybridized carbons (Fsp3) is 0.167. The molecule has 1 amide bonds. The first kappa shape index (κ1) is 17.3. The van der Waals surface area contributed by atoms with Gasteiger partial charge < -0.3 is 11.1 Å². The average Bonchev–Trinajstić information content (AvgIpc) is 2.49. The Balaban J connectivity index is 0.000000235. The third-order valence-electron chi connectivity index (χ3n) is 3.07. The number of amides is 1. The third-order valence-corrected chi connectivity index (χ3v) is 3.07. The number of rotatable bonds is 4. The van der Waals surface area contributed by atoms with Crippen molar-refractivity contribution < 1.29 is 9.59 Å². The lowest BCUT2D eigenvalue weighted by Crippen LogP contribution is -2.26. The zero-order valence-corrected chi connectivity index (χ0v) is 12.7. The van der Waals surface area contributed by atoms with E-state index in [2.05, 4.69) is 0 Å². The fourth-order valence-corrected chi connectivity index (χ4v) is 1.91. The van der Waals surface area contributed by atoms with Gasteiger partial charge in [-0.25, -0.2) is 0 Å². The average molecular weight is 296 g/mol. The van der Waals surface area contributed by atoms with Crippen LogP contribution in [-0.2, 0) is 9.59 Å². The van der Waals surface area contributed by atoms with Crippen molar-refractivity contribution in [3.05, 3.63) is 71.3 Å². The molecule has 0 aromatic heterocycles. The van der Waals surface area contributed by atoms with Crippen LogP contribution in [0.2, 0.25) is 0 Å². The van der Waals surface area contributed by atoms with Crippen molar-refractivity contribution in [3.8, 4) is 0 Å². The van der Waals surface area contributed by atoms with Crippen LogP contribution in [0.4, 0.5) is 0 Å². The first-order valence-corrected chi connectivity index (χ1v) is 6.87. The Bertz CT molecular complexity index is 620. The van der Waals surface area contributed by atoms with Crippen molar-refractivity contribution in [1.29, 1.82) is 5.41 Å². The standard InChI is InChI=1S/C10H11NO2.C8H9N/c1-7(12)9(10(11)13)8-5-3-2-4-6-8;1-7-2-4-8(6-9)5-3-7/h2-6,9H,1H3,(H2,11,13);2-6,9H,1H3. The number of carbonyl (C=O) groups excluding carboxylic acids is 2. The van der Waals surface area contributed by atoms with Gasteiger partial charge in [0.1, 0.15) is 11.7 Å². The van der Waals surface area contributed by atoms with Gasteiger partial charge in [-0.05, 0) is 25.0 Å². The SMILES string of the molecule is CC(=O)C(C(N)=O)c1ccccc1.Cc1ccc(C=N)cc1. The molecule has 0 aliphatic heterocycles. The van der Waals surface area contributed by atoms with Crippen LogP contribution in [0.5, 0.6) is 0 Å². The molecule has 4 heteroatoms. The predicted molar refractivity (Wildman–Crippen MR) is 88.1 cm³/mol. The maximum absolute atomic E-state index is 11.1. The molecule has 0 heterocycles. The molecule has 1 unspecified atom stereocenters. The van der Waals surface area contributed by atoms with Crippen molar-refractivity contribution in [2.24, 2.45) is 5.73 Å². The minimum absolute atomic E-state index is 0.223. The third kappa shape index (κ3) is 5.32. The number of aryl methyl sites for hydroxylation is 1. The number of nitrogens with one attached hydrogen (secondary N) is 1. The number of carbonyl (C=O) groups is 2. The van der Waals surface area contributed by atoms with E-state index in [9.17, 15) is 9.59 Å². The molecule has 1 atom stereocenters. The number of ketones is 1. The van der Waals surface area contributed by atoms with Crippen molar-refractivity contribution >= 4 is 17.9 Å². The van der Waals surface area contributed by atoms with Gasteiger partial charge in [0.15, 0.2) is 0 Å². The lowest BCUT2D eigenvalue weighted by atomic mass is 9.95. The van der Waals surface area contributed by atoms with E-state index in [0.717, 1.165) is 5.56 Å². The minimum Gasteiger partial charge on any atom is -0.369 e. The summed E-state index contributed by atoms with van der Waals surface area (Å²) in [6.07, 6.45) is 1.35. The van der Waals surface area contributed by atoms with E-state index < -0.39 is 11.8 Å². The minimum atomic E-state index is -0.804. The zero-order valence-electron chi connectivity index (χ0n) is 12.7. The molecule has 0 saturated heterocycles. The summed E-state index contributed by atoms with van der Waals surface area (Å²) in [7, 11) is 0. The van der Waals surface area contributed by atoms with Gasteiger partial charge in [-0.3, -0.25) is 9.59 Å². The van der Waals surface area contributed by atoms with E-state index in [0.29, 0.717) is 5.56 Å². The second-order valence-corrected chi connectivity index (χ2v) is 4.91. The summed E-state index contributed by atoms with van der Waals surface area (Å²) in [4.78, 5) is 22.0. The van der Waals surface area contributed by atoms with Crippen LogP contribution in [-0.4, -0.2) is 17.9 Å². The topological polar surface area (TPSA) is 84.0 Å². The molecule has 3 N–H and O–H groups in total. The first-order chi connectivity index (χ1) is 10.5. The largest absolute Gasteiger partial charge is 0.369 e. The lowest BCUT2D eigenvalue weighted by molar-refractivity contribution is -0.127. The van der Waals surface area contributed by atoms with E-state index in [1.54, 1.807) is 24.3 Å². The van der Waals surface area contributed by atoms with Crippen LogP contribution >= 0.6 is 0 Å². The van der Waals surface area contributed by atoms with Gasteiger partial charge in [0, 0.05) is 6.21 Å². The molecular formula is C18H20N2O2. The highest BCUT2D eigenvalue weighted by molar-refractivity contribution is 6.04. The van der Waals surface area contributed by atoms with Gasteiger partial charge in [-0.2, -0.15) is 0 Å². The number of Topliss-reactive ketones (excluding diaryl/α,β-unsaturated/α-hetero) is 1. The molecule has 0 bridgehead atoms. The van der Waals surface area contributed by atoms with Crippen LogP contribution in [0.15, 0.2) is 54.6 Å². The molecule has 2 rings (SSSR count). The van der Waals surface area contributed by atoms with Crippen molar-refractivity contribution in [3.63, 3.8) is 0 Å². The van der Waals surface area contributed by atoms with Crippen LogP contribution < -0.4 is 5.73 Å². The normalized spacial score (nSPS) is 10.8. The van der Waals surface area contributed by atoms with E-state index in [4.69, 9.17) is 11.1 Å². The number of benzene rings is 2. The van der Waals surface area contributed by atoms with Gasteiger partial charge in [0.05, 0.1) is 0 Å². The highest BCUT2D eigenvalue weighted by atomic mass is 16.2. The lowest BCUT2D eigenvalue weighted by Gasteiger charge is -2.08. The van der Waals surface area contributed by atoms with Gasteiger partial charge in [0.25, 0.3) is 0 Å². The van der Waals surface area contributed by atoms with Gasteiger partial charge >= 0.3 is 0 Å². The van der Waals surface area contributed by atoms with Crippen LogP contribution in [0, 0.1) is 12.3 Å². The summed E-state index contributed by atoms with van der Waals surface area (Å²) in [5.41, 5.74) is 7.96. The Kier molecular flexibility index (Phi) is 6.70. The van der Waals surface area contributed by atoms with Crippen LogP contribution in [0.1, 0.15) is 29.5 Å². The zero-order chi connectivity index (χ0) is 16.5. The summed E-state index contributed by atoms with van der Waals surface area (Å²) < 4.78 is 0. The summed E-state index contributed by atoms with van der Waals surface area (Å²) in [6, 6.07) is 16.7. The van der Waals surface area contributed by atoms with E-state index >= 15 is 0 Å². The molecule has 0 aliphatic carbocycles. The van der Waals surface area contributed by atoms with Crippen molar-refractivity contribution in [1.82, 2.24) is 0 Å². The van der Waals surface area contributed by atoms with E-state index in [1.807, 2.05) is 37.3 Å². The van der Waals surface area contributed by atoms with Crippen molar-refractivity contribution in [2.75, 3.05) is 0 Å². The molecule has 22 heavy (non-hydrogen) atoms. The highest BCUT2D eigenvalue weighted by Crippen LogP contribution is 2.15. The second-order valence-electron chi connectivity index (χ2n) is 4.91. The van der Waals surface area contributed by atoms with Crippen LogP contribution in [0.3, 0.4) is 0 Å². The Morgan fingerprint density at radius 2 is 1.59 bits per heavy atom. The maximum atomic E-state index is 11.1. The van der Waals surface area contributed by atoms with Gasteiger partial charge in [0.2, 0.25) is 5.91 Å². The van der Waals surface area contributed by atoms with Crippen molar-refractivity contribution in [2.45, 2.75) is 19.8 Å². The number of hydrogen-bond acceptors (Lipinski definition) is 3. The summed E-state index contributed by atoms with van der Waals surface area (Å²) >= 11 is 0. The molecule has 0 fully saturated rings. The Hall–Kier alpha value is -2.75. The molecule has 114 valence electrons. The first-order valence-electron chi connectivity index (χ1n) is 6.87. The Morgan fingerprint density at radius 3 is 2.00 bits per heavy atom. The fourth-order valence-electron chi connectivity index (χ4n) is 1.91. The summed E-state index contributed by atoms with van der Waals surface area (Å²) in [6.45, 7) is 3.40. The molecular weight excluding hydrogens is 276 g/mol. The Labute approximate surface area is 130 Å². The molecule has 2 aromatic carbocycles. The monoisotopic (exact) mass is 296 g/mol. The number of nitrogens with two attached hydrogens (primary N) is 1. The number of primary amides is 1. The maximum Gasteiger partial charge on any atom is 0.232 e. The molecule has 0 radical (unpaired) electrons. The molecule has 0 saturated carbocycles. The highest BCUT2D eigenvalue weighted by Gasteiger charge is 2.21. The summed E-state index contributed by atoms with van der Waals surface area (Å²) in [5.74, 6) is -1.63.